The summed E-state index contributed by atoms with van der Waals surface area (Å²) in [5.74, 6) is -0.129. The monoisotopic (exact) mass is 394 g/mol. The Kier molecular flexibility index (Phi) is 8.40. The highest BCUT2D eigenvalue weighted by Crippen LogP contribution is 2.26. The molecule has 0 aliphatic heterocycles. The molecule has 0 aliphatic carbocycles. The first-order valence-corrected chi connectivity index (χ1v) is 10.4. The van der Waals surface area contributed by atoms with Crippen LogP contribution in [-0.4, -0.2) is 59.8 Å². The van der Waals surface area contributed by atoms with Crippen LogP contribution in [0.3, 0.4) is 0 Å². The molecular formula is C19H30N4O3S. The van der Waals surface area contributed by atoms with Crippen LogP contribution in [0, 0.1) is 6.92 Å². The molecule has 0 saturated carbocycles. The van der Waals surface area contributed by atoms with E-state index in [4.69, 9.17) is 4.74 Å². The lowest BCUT2D eigenvalue weighted by Crippen LogP contribution is -2.29. The first kappa shape index (κ1) is 21.5. The van der Waals surface area contributed by atoms with Gasteiger partial charge < -0.3 is 15.0 Å². The Bertz CT molecular complexity index is 811. The number of thiophene rings is 1. The molecule has 0 atom stereocenters. The van der Waals surface area contributed by atoms with Gasteiger partial charge in [0.2, 0.25) is 0 Å². The van der Waals surface area contributed by atoms with Crippen molar-refractivity contribution in [3.05, 3.63) is 27.1 Å². The molecule has 0 spiro atoms. The van der Waals surface area contributed by atoms with Crippen LogP contribution in [0.4, 0.5) is 0 Å². The van der Waals surface area contributed by atoms with E-state index >= 15 is 0 Å². The smallest absolute Gasteiger partial charge is 0.262 e. The summed E-state index contributed by atoms with van der Waals surface area (Å²) in [6.45, 7) is 13.2. The van der Waals surface area contributed by atoms with Crippen LogP contribution in [0.1, 0.15) is 42.4 Å². The van der Waals surface area contributed by atoms with Crippen LogP contribution in [0.2, 0.25) is 0 Å². The van der Waals surface area contributed by atoms with Crippen molar-refractivity contribution in [3.8, 4) is 0 Å². The summed E-state index contributed by atoms with van der Waals surface area (Å²) in [6, 6.07) is 0. The van der Waals surface area contributed by atoms with Gasteiger partial charge in [-0.25, -0.2) is 4.98 Å². The highest BCUT2D eigenvalue weighted by Gasteiger charge is 2.19. The number of fused-ring (bicyclic) bond motifs is 1. The van der Waals surface area contributed by atoms with Gasteiger partial charge in [-0.2, -0.15) is 0 Å². The van der Waals surface area contributed by atoms with Crippen LogP contribution in [0.5, 0.6) is 0 Å². The van der Waals surface area contributed by atoms with Crippen LogP contribution in [0.25, 0.3) is 10.2 Å². The number of hydrogen-bond donors (Lipinski definition) is 1. The largest absolute Gasteiger partial charge is 0.380 e. The molecule has 0 radical (unpaired) electrons. The second kappa shape index (κ2) is 10.5. The predicted octanol–water partition coefficient (Wildman–Crippen LogP) is 2.26. The molecule has 0 fully saturated rings. The molecule has 2 rings (SSSR count). The second-order valence-corrected chi connectivity index (χ2v) is 7.31. The Balaban J connectivity index is 2.08. The van der Waals surface area contributed by atoms with Gasteiger partial charge >= 0.3 is 0 Å². The molecule has 0 aliphatic rings. The van der Waals surface area contributed by atoms with E-state index in [9.17, 15) is 9.59 Å². The zero-order valence-electron chi connectivity index (χ0n) is 16.7. The Hall–Kier alpha value is -1.77. The molecule has 7 nitrogen and oxygen atoms in total. The van der Waals surface area contributed by atoms with Crippen LogP contribution >= 0.6 is 11.3 Å². The molecule has 2 aromatic rings. The quantitative estimate of drug-likeness (QED) is 0.592. The molecular weight excluding hydrogens is 364 g/mol. The number of amides is 1. The predicted molar refractivity (Wildman–Crippen MR) is 110 cm³/mol. The molecule has 27 heavy (non-hydrogen) atoms. The average Bonchev–Trinajstić information content (AvgIpc) is 3.01. The topological polar surface area (TPSA) is 76.5 Å². The van der Waals surface area contributed by atoms with Gasteiger partial charge in [-0.15, -0.1) is 11.3 Å². The zero-order chi connectivity index (χ0) is 19.8. The number of hydrogen-bond acceptors (Lipinski definition) is 6. The lowest BCUT2D eigenvalue weighted by molar-refractivity contribution is 0.0955. The zero-order valence-corrected chi connectivity index (χ0v) is 17.5. The van der Waals surface area contributed by atoms with E-state index < -0.39 is 0 Å². The van der Waals surface area contributed by atoms with Gasteiger partial charge in [0.15, 0.2) is 0 Å². The summed E-state index contributed by atoms with van der Waals surface area (Å²) in [6.07, 6.45) is 2.44. The molecule has 8 heteroatoms. The van der Waals surface area contributed by atoms with Gasteiger partial charge in [-0.05, 0) is 45.5 Å². The highest BCUT2D eigenvalue weighted by atomic mass is 32.1. The number of aromatic nitrogens is 2. The molecule has 0 unspecified atom stereocenters. The molecule has 1 amide bonds. The Morgan fingerprint density at radius 3 is 2.74 bits per heavy atom. The summed E-state index contributed by atoms with van der Waals surface area (Å²) in [7, 11) is 0. The van der Waals surface area contributed by atoms with Crippen molar-refractivity contribution in [2.45, 2.75) is 40.7 Å². The van der Waals surface area contributed by atoms with Crippen molar-refractivity contribution in [2.24, 2.45) is 0 Å². The fraction of sp³-hybridized carbons (Fsp3) is 0.632. The van der Waals surface area contributed by atoms with Crippen LogP contribution in [0.15, 0.2) is 11.1 Å². The van der Waals surface area contributed by atoms with Crippen molar-refractivity contribution in [1.29, 1.82) is 0 Å². The van der Waals surface area contributed by atoms with Gasteiger partial charge in [0.1, 0.15) is 4.83 Å². The van der Waals surface area contributed by atoms with Crippen molar-refractivity contribution in [1.82, 2.24) is 19.8 Å². The number of carbonyl (C=O) groups is 1. The van der Waals surface area contributed by atoms with Crippen molar-refractivity contribution >= 4 is 27.5 Å². The number of nitrogens with zero attached hydrogens (tertiary/aromatic N) is 3. The van der Waals surface area contributed by atoms with Gasteiger partial charge in [-0.3, -0.25) is 14.2 Å². The van der Waals surface area contributed by atoms with Crippen LogP contribution in [-0.2, 0) is 11.3 Å². The molecule has 0 bridgehead atoms. The molecule has 1 N–H and O–H groups in total. The fourth-order valence-electron chi connectivity index (χ4n) is 2.97. The maximum absolute atomic E-state index is 12.7. The molecule has 2 aromatic heterocycles. The molecule has 0 saturated heterocycles. The Morgan fingerprint density at radius 2 is 2.07 bits per heavy atom. The van der Waals surface area contributed by atoms with Gasteiger partial charge in [0.05, 0.1) is 29.7 Å². The van der Waals surface area contributed by atoms with Crippen LogP contribution < -0.4 is 10.9 Å². The minimum absolute atomic E-state index is 0.117. The number of nitrogens with one attached hydrogen (secondary N) is 1. The maximum Gasteiger partial charge on any atom is 0.262 e. The van der Waals surface area contributed by atoms with Crippen molar-refractivity contribution in [2.75, 3.05) is 39.4 Å². The third-order valence-corrected chi connectivity index (χ3v) is 5.83. The Morgan fingerprint density at radius 1 is 1.33 bits per heavy atom. The van der Waals surface area contributed by atoms with Crippen molar-refractivity contribution < 1.29 is 9.53 Å². The lowest BCUT2D eigenvalue weighted by Gasteiger charge is -2.17. The first-order chi connectivity index (χ1) is 13.0. The summed E-state index contributed by atoms with van der Waals surface area (Å²) in [4.78, 5) is 33.1. The normalized spacial score (nSPS) is 11.4. The van der Waals surface area contributed by atoms with Gasteiger partial charge in [-0.1, -0.05) is 13.8 Å². The fourth-order valence-corrected chi connectivity index (χ4v) is 4.02. The minimum atomic E-state index is -0.129. The number of ether oxygens (including phenoxy) is 1. The third kappa shape index (κ3) is 5.37. The number of aryl methyl sites for hydroxylation is 1. The average molecular weight is 395 g/mol. The summed E-state index contributed by atoms with van der Waals surface area (Å²) < 4.78 is 6.86. The summed E-state index contributed by atoms with van der Waals surface area (Å²) >= 11 is 1.28. The number of carbonyl (C=O) groups excluding carboxylic acids is 1. The summed E-state index contributed by atoms with van der Waals surface area (Å²) in [5.41, 5.74) is 0.591. The van der Waals surface area contributed by atoms with E-state index in [0.29, 0.717) is 47.0 Å². The molecule has 0 aromatic carbocycles. The Labute approximate surface area is 164 Å². The SMILES string of the molecule is CCOCCn1cnc2sc(C(=O)NCCCN(CC)CC)c(C)c2c1=O. The minimum Gasteiger partial charge on any atom is -0.380 e. The third-order valence-electron chi connectivity index (χ3n) is 4.64. The number of rotatable bonds is 11. The highest BCUT2D eigenvalue weighted by molar-refractivity contribution is 7.20. The van der Waals surface area contributed by atoms with E-state index in [-0.39, 0.29) is 11.5 Å². The van der Waals surface area contributed by atoms with E-state index in [0.717, 1.165) is 26.1 Å². The standard InChI is InChI=1S/C19H30N4O3S/c1-5-22(6-2)10-8-9-20-17(24)16-14(4)15-18(27-16)21-13-23(19(15)25)11-12-26-7-3/h13H,5-12H2,1-4H3,(H,20,24). The van der Waals surface area contributed by atoms with Gasteiger partial charge in [0, 0.05) is 13.2 Å². The summed E-state index contributed by atoms with van der Waals surface area (Å²) in [5, 5.41) is 3.50. The van der Waals surface area contributed by atoms with E-state index in [1.54, 1.807) is 4.57 Å². The second-order valence-electron chi connectivity index (χ2n) is 6.31. The first-order valence-electron chi connectivity index (χ1n) is 9.60. The maximum atomic E-state index is 12.7. The van der Waals surface area contributed by atoms with Gasteiger partial charge in [0.25, 0.3) is 11.5 Å². The lowest BCUT2D eigenvalue weighted by atomic mass is 10.2. The van der Waals surface area contributed by atoms with Crippen molar-refractivity contribution in [3.63, 3.8) is 0 Å². The molecule has 150 valence electrons. The van der Waals surface area contributed by atoms with E-state index in [2.05, 4.69) is 29.0 Å². The van der Waals surface area contributed by atoms with E-state index in [1.807, 2.05) is 13.8 Å². The van der Waals surface area contributed by atoms with E-state index in [1.165, 1.54) is 17.7 Å². The molecule has 2 heterocycles.